The first-order valence-electron chi connectivity index (χ1n) is 7.21. The van der Waals surface area contributed by atoms with E-state index in [9.17, 15) is 9.18 Å². The van der Waals surface area contributed by atoms with Crippen LogP contribution in [0.5, 0.6) is 0 Å². The maximum Gasteiger partial charge on any atom is 0.315 e. The molecule has 1 aromatic carbocycles. The number of hydrogen-bond acceptors (Lipinski definition) is 4. The highest BCUT2D eigenvalue weighted by Crippen LogP contribution is 2.16. The lowest BCUT2D eigenvalue weighted by Gasteiger charge is -2.11. The van der Waals surface area contributed by atoms with E-state index < -0.39 is 0 Å². The summed E-state index contributed by atoms with van der Waals surface area (Å²) in [5, 5.41) is 9.40. The highest BCUT2D eigenvalue weighted by atomic mass is 32.2. The number of benzene rings is 1. The lowest BCUT2D eigenvalue weighted by molar-refractivity contribution is 0.240. The summed E-state index contributed by atoms with van der Waals surface area (Å²) in [5.41, 5.74) is 3.45. The molecule has 0 saturated heterocycles. The van der Waals surface area contributed by atoms with Crippen molar-refractivity contribution in [2.24, 2.45) is 0 Å². The van der Waals surface area contributed by atoms with Gasteiger partial charge in [0.15, 0.2) is 0 Å². The van der Waals surface area contributed by atoms with Crippen LogP contribution in [0.1, 0.15) is 28.1 Å². The van der Waals surface area contributed by atoms with Crippen LogP contribution >= 0.6 is 11.8 Å². The van der Waals surface area contributed by atoms with Crippen molar-refractivity contribution in [3.05, 3.63) is 52.2 Å². The first-order chi connectivity index (χ1) is 11.0. The number of halogens is 1. The summed E-state index contributed by atoms with van der Waals surface area (Å²) in [4.78, 5) is 11.9. The van der Waals surface area contributed by atoms with Crippen molar-refractivity contribution in [3.63, 3.8) is 0 Å². The van der Waals surface area contributed by atoms with Gasteiger partial charge >= 0.3 is 6.03 Å². The summed E-state index contributed by atoms with van der Waals surface area (Å²) in [6, 6.07) is 4.33. The second kappa shape index (κ2) is 8.01. The van der Waals surface area contributed by atoms with Crippen LogP contribution in [0.2, 0.25) is 0 Å². The molecule has 1 heterocycles. The summed E-state index contributed by atoms with van der Waals surface area (Å²) in [6.45, 7) is 4.35. The van der Waals surface area contributed by atoms with Crippen molar-refractivity contribution in [1.29, 1.82) is 0 Å². The number of amides is 2. The highest BCUT2D eigenvalue weighted by Gasteiger charge is 2.11. The zero-order valence-electron chi connectivity index (χ0n) is 13.4. The first kappa shape index (κ1) is 17.3. The van der Waals surface area contributed by atoms with Crippen molar-refractivity contribution in [2.75, 3.05) is 6.26 Å². The molecule has 2 amide bonds. The molecular weight excluding hydrogens is 317 g/mol. The van der Waals surface area contributed by atoms with Crippen molar-refractivity contribution in [1.82, 2.24) is 15.8 Å². The van der Waals surface area contributed by atoms with Crippen molar-refractivity contribution >= 4 is 17.8 Å². The standard InChI is InChI=1S/C16H20FN3O2S/c1-10-15(11(2)22-20-10)8-19-16(21)18-7-12-4-5-14(17)6-13(12)9-23-3/h4-6H,7-9H2,1-3H3,(H2,18,19,21). The van der Waals surface area contributed by atoms with Crippen LogP contribution in [0.4, 0.5) is 9.18 Å². The molecule has 0 aliphatic rings. The molecule has 0 spiro atoms. The third-order valence-corrected chi connectivity index (χ3v) is 4.11. The van der Waals surface area contributed by atoms with Gasteiger partial charge in [-0.1, -0.05) is 11.2 Å². The van der Waals surface area contributed by atoms with E-state index >= 15 is 0 Å². The van der Waals surface area contributed by atoms with Gasteiger partial charge in [-0.2, -0.15) is 11.8 Å². The van der Waals surface area contributed by atoms with Crippen molar-refractivity contribution in [2.45, 2.75) is 32.7 Å². The van der Waals surface area contributed by atoms with E-state index in [-0.39, 0.29) is 11.8 Å². The predicted molar refractivity (Wildman–Crippen MR) is 88.7 cm³/mol. The van der Waals surface area contributed by atoms with E-state index in [4.69, 9.17) is 4.52 Å². The van der Waals surface area contributed by atoms with Gasteiger partial charge in [-0.3, -0.25) is 0 Å². The lowest BCUT2D eigenvalue weighted by atomic mass is 10.1. The maximum atomic E-state index is 13.3. The molecule has 0 atom stereocenters. The van der Waals surface area contributed by atoms with E-state index in [0.717, 1.165) is 22.4 Å². The van der Waals surface area contributed by atoms with Crippen LogP contribution in [-0.4, -0.2) is 17.4 Å². The van der Waals surface area contributed by atoms with Crippen LogP contribution < -0.4 is 10.6 Å². The summed E-state index contributed by atoms with van der Waals surface area (Å²) in [7, 11) is 0. The molecule has 124 valence electrons. The second-order valence-corrected chi connectivity index (χ2v) is 6.05. The van der Waals surface area contributed by atoms with Crippen LogP contribution in [0.15, 0.2) is 22.7 Å². The monoisotopic (exact) mass is 337 g/mol. The van der Waals surface area contributed by atoms with E-state index in [1.165, 1.54) is 12.1 Å². The Labute approximate surface area is 139 Å². The fourth-order valence-electron chi connectivity index (χ4n) is 2.22. The molecule has 2 rings (SSSR count). The number of carbonyl (C=O) groups excluding carboxylic acids is 1. The fraction of sp³-hybridized carbons (Fsp3) is 0.375. The smallest absolute Gasteiger partial charge is 0.315 e. The summed E-state index contributed by atoms with van der Waals surface area (Å²) < 4.78 is 18.4. The molecule has 7 heteroatoms. The van der Waals surface area contributed by atoms with Gasteiger partial charge in [0.25, 0.3) is 0 Å². The molecule has 0 saturated carbocycles. The summed E-state index contributed by atoms with van der Waals surface area (Å²) >= 11 is 1.61. The molecule has 2 N–H and O–H groups in total. The number of aromatic nitrogens is 1. The summed E-state index contributed by atoms with van der Waals surface area (Å²) in [6.07, 6.45) is 1.96. The molecule has 0 bridgehead atoms. The van der Waals surface area contributed by atoms with E-state index in [1.54, 1.807) is 17.8 Å². The second-order valence-electron chi connectivity index (χ2n) is 5.18. The molecule has 2 aromatic rings. The molecule has 0 aliphatic carbocycles. The van der Waals surface area contributed by atoms with E-state index in [1.807, 2.05) is 20.1 Å². The van der Waals surface area contributed by atoms with Gasteiger partial charge in [0.05, 0.1) is 5.69 Å². The number of hydrogen-bond donors (Lipinski definition) is 2. The van der Waals surface area contributed by atoms with Crippen molar-refractivity contribution < 1.29 is 13.7 Å². The molecular formula is C16H20FN3O2S. The number of nitrogens with one attached hydrogen (secondary N) is 2. The van der Waals surface area contributed by atoms with E-state index in [2.05, 4.69) is 15.8 Å². The van der Waals surface area contributed by atoms with Crippen LogP contribution in [0.25, 0.3) is 0 Å². The average Bonchev–Trinajstić information content (AvgIpc) is 2.83. The van der Waals surface area contributed by atoms with Crippen LogP contribution in [0, 0.1) is 19.7 Å². The zero-order chi connectivity index (χ0) is 16.8. The average molecular weight is 337 g/mol. The SMILES string of the molecule is CSCc1cc(F)ccc1CNC(=O)NCc1c(C)noc1C. The molecule has 0 unspecified atom stereocenters. The Hall–Kier alpha value is -2.02. The maximum absolute atomic E-state index is 13.3. The predicted octanol–water partition coefficient (Wildman–Crippen LogP) is 3.29. The van der Waals surface area contributed by atoms with Gasteiger partial charge in [0.1, 0.15) is 11.6 Å². The summed E-state index contributed by atoms with van der Waals surface area (Å²) in [5.74, 6) is 1.14. The lowest BCUT2D eigenvalue weighted by Crippen LogP contribution is -2.35. The number of rotatable bonds is 6. The Bertz CT molecular complexity index is 668. The molecule has 0 aliphatic heterocycles. The Balaban J connectivity index is 1.89. The number of urea groups is 1. The van der Waals surface area contributed by atoms with Gasteiger partial charge < -0.3 is 15.2 Å². The number of nitrogens with zero attached hydrogens (tertiary/aromatic N) is 1. The Morgan fingerprint density at radius 1 is 1.26 bits per heavy atom. The minimum Gasteiger partial charge on any atom is -0.361 e. The number of carbonyl (C=O) groups is 1. The quantitative estimate of drug-likeness (QED) is 0.849. The van der Waals surface area contributed by atoms with Gasteiger partial charge in [-0.05, 0) is 43.4 Å². The zero-order valence-corrected chi connectivity index (χ0v) is 14.2. The van der Waals surface area contributed by atoms with Gasteiger partial charge in [-0.15, -0.1) is 0 Å². The van der Waals surface area contributed by atoms with Gasteiger partial charge in [0.2, 0.25) is 0 Å². The largest absolute Gasteiger partial charge is 0.361 e. The Morgan fingerprint density at radius 3 is 2.65 bits per heavy atom. The van der Waals surface area contributed by atoms with Gasteiger partial charge in [0, 0.05) is 24.4 Å². The first-order valence-corrected chi connectivity index (χ1v) is 8.60. The third kappa shape index (κ3) is 4.72. The molecule has 0 radical (unpaired) electrons. The normalized spacial score (nSPS) is 10.6. The molecule has 23 heavy (non-hydrogen) atoms. The Kier molecular flexibility index (Phi) is 6.04. The Morgan fingerprint density at radius 2 is 2.00 bits per heavy atom. The topological polar surface area (TPSA) is 67.2 Å². The van der Waals surface area contributed by atoms with Gasteiger partial charge in [-0.25, -0.2) is 9.18 Å². The van der Waals surface area contributed by atoms with E-state index in [0.29, 0.717) is 24.6 Å². The number of aryl methyl sites for hydroxylation is 2. The number of thioether (sulfide) groups is 1. The molecule has 5 nitrogen and oxygen atoms in total. The van der Waals surface area contributed by atoms with Crippen LogP contribution in [0.3, 0.4) is 0 Å². The third-order valence-electron chi connectivity index (χ3n) is 3.51. The minimum atomic E-state index is -0.288. The highest BCUT2D eigenvalue weighted by molar-refractivity contribution is 7.97. The van der Waals surface area contributed by atoms with Crippen molar-refractivity contribution in [3.8, 4) is 0 Å². The molecule has 0 fully saturated rings. The minimum absolute atomic E-state index is 0.263. The van der Waals surface area contributed by atoms with Crippen LogP contribution in [-0.2, 0) is 18.8 Å². The molecule has 1 aromatic heterocycles. The fourth-order valence-corrected chi connectivity index (χ4v) is 2.80.